The summed E-state index contributed by atoms with van der Waals surface area (Å²) in [5.74, 6) is 2.01. The number of aliphatic hydroxyl groups excluding tert-OH is 1. The van der Waals surface area contributed by atoms with Gasteiger partial charge < -0.3 is 9.84 Å². The Bertz CT molecular complexity index is 446. The third kappa shape index (κ3) is 1.76. The van der Waals surface area contributed by atoms with Crippen molar-refractivity contribution in [1.29, 1.82) is 0 Å². The predicted octanol–water partition coefficient (Wildman–Crippen LogP) is 3.08. The molecular weight excluding hydrogens is 232 g/mol. The van der Waals surface area contributed by atoms with Crippen LogP contribution in [0.2, 0.25) is 0 Å². The van der Waals surface area contributed by atoms with Crippen molar-refractivity contribution in [3.63, 3.8) is 0 Å². The van der Waals surface area contributed by atoms with Crippen LogP contribution in [0, 0.1) is 6.92 Å². The number of aryl methyl sites for hydroxylation is 1. The second kappa shape index (κ2) is 3.92. The molecule has 92 valence electrons. The number of hydrogen-bond donors (Lipinski definition) is 1. The third-order valence-corrected chi connectivity index (χ3v) is 5.38. The molecule has 3 rings (SSSR count). The predicted molar refractivity (Wildman–Crippen MR) is 70.7 cm³/mol. The van der Waals surface area contributed by atoms with Crippen LogP contribution in [0.25, 0.3) is 0 Å². The maximum atomic E-state index is 10.3. The van der Waals surface area contributed by atoms with Crippen LogP contribution < -0.4 is 4.74 Å². The minimum atomic E-state index is -0.375. The number of fused-ring (bicyclic) bond motifs is 1. The molecule has 1 fully saturated rings. The summed E-state index contributed by atoms with van der Waals surface area (Å²) >= 11 is 1.95. The summed E-state index contributed by atoms with van der Waals surface area (Å²) in [4.78, 5) is 0. The van der Waals surface area contributed by atoms with Gasteiger partial charge in [-0.1, -0.05) is 11.6 Å². The lowest BCUT2D eigenvalue weighted by molar-refractivity contribution is -0.0103. The molecule has 0 radical (unpaired) electrons. The third-order valence-electron chi connectivity index (χ3n) is 4.01. The molecule has 2 unspecified atom stereocenters. The molecule has 1 aromatic carbocycles. The van der Waals surface area contributed by atoms with Gasteiger partial charge in [-0.15, -0.1) is 0 Å². The highest BCUT2D eigenvalue weighted by Crippen LogP contribution is 2.49. The fourth-order valence-electron chi connectivity index (χ4n) is 2.88. The minimum Gasteiger partial charge on any atom is -0.486 e. The lowest BCUT2D eigenvalue weighted by Gasteiger charge is -2.40. The van der Waals surface area contributed by atoms with E-state index in [1.165, 1.54) is 5.56 Å². The van der Waals surface area contributed by atoms with Crippen molar-refractivity contribution in [1.82, 2.24) is 0 Å². The van der Waals surface area contributed by atoms with Crippen molar-refractivity contribution in [2.24, 2.45) is 0 Å². The molecule has 0 saturated carbocycles. The Balaban J connectivity index is 2.01. The lowest BCUT2D eigenvalue weighted by atomic mass is 9.84. The molecule has 0 bridgehead atoms. The van der Waals surface area contributed by atoms with Gasteiger partial charge in [-0.3, -0.25) is 0 Å². The maximum absolute atomic E-state index is 10.3. The first-order valence-corrected chi connectivity index (χ1v) is 7.25. The number of ether oxygens (including phenoxy) is 1. The Morgan fingerprint density at radius 2 is 2.29 bits per heavy atom. The molecule has 0 aromatic heterocycles. The smallest absolute Gasteiger partial charge is 0.126 e. The zero-order valence-corrected chi connectivity index (χ0v) is 11.1. The summed E-state index contributed by atoms with van der Waals surface area (Å²) in [5, 5.41) is 10.8. The van der Waals surface area contributed by atoms with Crippen molar-refractivity contribution in [2.45, 2.75) is 43.6 Å². The van der Waals surface area contributed by atoms with Crippen molar-refractivity contribution < 1.29 is 9.84 Å². The number of benzene rings is 1. The van der Waals surface area contributed by atoms with E-state index in [9.17, 15) is 5.11 Å². The van der Waals surface area contributed by atoms with Gasteiger partial charge in [-0.2, -0.15) is 11.8 Å². The molecule has 2 nitrogen and oxygen atoms in total. The minimum absolute atomic E-state index is 0.146. The summed E-state index contributed by atoms with van der Waals surface area (Å²) in [5.41, 5.74) is 1.99. The Labute approximate surface area is 106 Å². The highest BCUT2D eigenvalue weighted by Gasteiger charge is 2.48. The SMILES string of the molecule is Cc1ccc2c(c1)[C@H](O)CC1(CCSC1C)O2. The molecule has 1 spiro atoms. The average Bonchev–Trinajstić information content (AvgIpc) is 2.62. The van der Waals surface area contributed by atoms with E-state index in [0.29, 0.717) is 5.25 Å². The van der Waals surface area contributed by atoms with E-state index >= 15 is 0 Å². The number of thioether (sulfide) groups is 1. The Morgan fingerprint density at radius 3 is 3.00 bits per heavy atom. The fourth-order valence-corrected chi connectivity index (χ4v) is 4.27. The zero-order chi connectivity index (χ0) is 12.0. The van der Waals surface area contributed by atoms with E-state index in [1.807, 2.05) is 30.8 Å². The van der Waals surface area contributed by atoms with Gasteiger partial charge in [-0.25, -0.2) is 0 Å². The summed E-state index contributed by atoms with van der Waals surface area (Å²) in [6, 6.07) is 6.10. The van der Waals surface area contributed by atoms with Crippen LogP contribution in [-0.2, 0) is 0 Å². The first-order valence-electron chi connectivity index (χ1n) is 6.20. The first kappa shape index (κ1) is 11.4. The van der Waals surface area contributed by atoms with Crippen LogP contribution in [0.5, 0.6) is 5.75 Å². The van der Waals surface area contributed by atoms with Crippen LogP contribution in [0.4, 0.5) is 0 Å². The van der Waals surface area contributed by atoms with E-state index in [0.717, 1.165) is 29.9 Å². The van der Waals surface area contributed by atoms with Gasteiger partial charge in [0, 0.05) is 17.2 Å². The molecule has 1 saturated heterocycles. The fraction of sp³-hybridized carbons (Fsp3) is 0.571. The van der Waals surface area contributed by atoms with E-state index in [2.05, 4.69) is 13.0 Å². The topological polar surface area (TPSA) is 29.5 Å². The van der Waals surface area contributed by atoms with Crippen LogP contribution in [0.3, 0.4) is 0 Å². The summed E-state index contributed by atoms with van der Waals surface area (Å²) in [6.45, 7) is 4.26. The van der Waals surface area contributed by atoms with E-state index in [4.69, 9.17) is 4.74 Å². The van der Waals surface area contributed by atoms with Crippen molar-refractivity contribution in [2.75, 3.05) is 5.75 Å². The molecule has 1 aromatic rings. The standard InChI is InChI=1S/C14H18O2S/c1-9-3-4-13-11(7-9)12(15)8-14(16-13)5-6-17-10(14)2/h3-4,7,10,12,15H,5-6,8H2,1-2H3/t10?,12-,14?/m1/s1. The zero-order valence-electron chi connectivity index (χ0n) is 10.3. The molecule has 1 N–H and O–H groups in total. The molecule has 0 amide bonds. The molecule has 3 atom stereocenters. The second-order valence-corrected chi connectivity index (χ2v) is 6.64. The van der Waals surface area contributed by atoms with Crippen LogP contribution in [0.15, 0.2) is 18.2 Å². The highest BCUT2D eigenvalue weighted by atomic mass is 32.2. The van der Waals surface area contributed by atoms with Gasteiger partial charge in [0.2, 0.25) is 0 Å². The van der Waals surface area contributed by atoms with Gasteiger partial charge in [0.05, 0.1) is 6.10 Å². The van der Waals surface area contributed by atoms with E-state index < -0.39 is 0 Å². The highest BCUT2D eigenvalue weighted by molar-refractivity contribution is 8.00. The van der Waals surface area contributed by atoms with Crippen LogP contribution in [0.1, 0.15) is 37.0 Å². The number of rotatable bonds is 0. The Hall–Kier alpha value is -0.670. The lowest BCUT2D eigenvalue weighted by Crippen LogP contribution is -2.45. The maximum Gasteiger partial charge on any atom is 0.126 e. The summed E-state index contributed by atoms with van der Waals surface area (Å²) < 4.78 is 6.24. The molecule has 2 aliphatic heterocycles. The number of hydrogen-bond acceptors (Lipinski definition) is 3. The Morgan fingerprint density at radius 1 is 1.47 bits per heavy atom. The largest absolute Gasteiger partial charge is 0.486 e. The molecule has 3 heteroatoms. The van der Waals surface area contributed by atoms with Gasteiger partial charge in [-0.05, 0) is 38.2 Å². The summed E-state index contributed by atoms with van der Waals surface area (Å²) in [7, 11) is 0. The van der Waals surface area contributed by atoms with Gasteiger partial charge >= 0.3 is 0 Å². The number of aliphatic hydroxyl groups is 1. The van der Waals surface area contributed by atoms with Gasteiger partial charge in [0.15, 0.2) is 0 Å². The van der Waals surface area contributed by atoms with Gasteiger partial charge in [0.25, 0.3) is 0 Å². The van der Waals surface area contributed by atoms with Crippen molar-refractivity contribution in [3.8, 4) is 5.75 Å². The van der Waals surface area contributed by atoms with Crippen LogP contribution in [-0.4, -0.2) is 21.7 Å². The molecule has 17 heavy (non-hydrogen) atoms. The average molecular weight is 250 g/mol. The molecule has 0 aliphatic carbocycles. The van der Waals surface area contributed by atoms with Crippen LogP contribution >= 0.6 is 11.8 Å². The van der Waals surface area contributed by atoms with Crippen molar-refractivity contribution in [3.05, 3.63) is 29.3 Å². The van der Waals surface area contributed by atoms with Crippen molar-refractivity contribution >= 4 is 11.8 Å². The quantitative estimate of drug-likeness (QED) is 0.767. The monoisotopic (exact) mass is 250 g/mol. The van der Waals surface area contributed by atoms with E-state index in [-0.39, 0.29) is 11.7 Å². The molecule has 2 aliphatic rings. The molecular formula is C14H18O2S. The summed E-state index contributed by atoms with van der Waals surface area (Å²) in [6.07, 6.45) is 1.40. The van der Waals surface area contributed by atoms with Gasteiger partial charge in [0.1, 0.15) is 11.4 Å². The second-order valence-electron chi connectivity index (χ2n) is 5.19. The normalized spacial score (nSPS) is 35.7. The molecule has 2 heterocycles. The first-order chi connectivity index (χ1) is 8.11. The Kier molecular flexibility index (Phi) is 2.64. The van der Waals surface area contributed by atoms with E-state index in [1.54, 1.807) is 0 Å².